The fraction of sp³-hybridized carbons (Fsp3) is 1.00. The highest BCUT2D eigenvalue weighted by atomic mass is 28.4. The zero-order valence-corrected chi connectivity index (χ0v) is 32.3. The minimum absolute atomic E-state index is 0.0758. The third-order valence-electron chi connectivity index (χ3n) is 7.33. The lowest BCUT2D eigenvalue weighted by Gasteiger charge is -2.31. The molecule has 0 saturated heterocycles. The first-order valence-corrected chi connectivity index (χ1v) is 19.9. The predicted molar refractivity (Wildman–Crippen MR) is 166 cm³/mol. The minimum Gasteiger partial charge on any atom is -0.379 e. The van der Waals surface area contributed by atoms with Crippen LogP contribution >= 0.6 is 0 Å². The van der Waals surface area contributed by atoms with E-state index in [0.717, 1.165) is 6.42 Å². The molecule has 0 saturated carbocycles. The zero-order valence-electron chi connectivity index (χ0n) is 30.3. The van der Waals surface area contributed by atoms with E-state index in [2.05, 4.69) is 4.74 Å². The van der Waals surface area contributed by atoms with Gasteiger partial charge in [0.15, 0.2) is 6.10 Å². The van der Waals surface area contributed by atoms with Gasteiger partial charge >= 0.3 is 42.0 Å². The Kier molecular flexibility index (Phi) is 24.3. The van der Waals surface area contributed by atoms with Gasteiger partial charge in [-0.1, -0.05) is 13.3 Å². The number of ether oxygens (including phenoxy) is 6. The predicted octanol–water partition coefficient (Wildman–Crippen LogP) is 5.88. The molecule has 0 spiro atoms. The average Bonchev–Trinajstić information content (AvgIpc) is 3.08. The molecule has 0 fully saturated rings. The van der Waals surface area contributed by atoms with Crippen molar-refractivity contribution in [2.45, 2.75) is 87.4 Å². The summed E-state index contributed by atoms with van der Waals surface area (Å²) in [5.74, 6) is -6.93. The largest absolute Gasteiger partial charge is 0.500 e. The summed E-state index contributed by atoms with van der Waals surface area (Å²) in [6, 6.07) is 0.712. The molecule has 0 N–H and O–H groups in total. The van der Waals surface area contributed by atoms with Crippen molar-refractivity contribution in [2.75, 3.05) is 95.5 Å². The lowest BCUT2D eigenvalue weighted by atomic mass is 10.3. The molecule has 3 atom stereocenters. The summed E-state index contributed by atoms with van der Waals surface area (Å²) in [6.07, 6.45) is -22.7. The van der Waals surface area contributed by atoms with Crippen molar-refractivity contribution in [1.29, 1.82) is 0 Å². The van der Waals surface area contributed by atoms with Gasteiger partial charge in [0.05, 0.1) is 33.0 Å². The maximum atomic E-state index is 13.7. The van der Waals surface area contributed by atoms with Gasteiger partial charge in [0.2, 0.25) is 0 Å². The third-order valence-corrected chi connectivity index (χ3v) is 13.0. The Bertz CT molecular complexity index is 901. The van der Waals surface area contributed by atoms with Crippen LogP contribution in [0.2, 0.25) is 12.1 Å². The molecule has 12 nitrogen and oxygen atoms in total. The number of rotatable bonds is 32. The van der Waals surface area contributed by atoms with Crippen LogP contribution < -0.4 is 0 Å². The molecule has 0 rings (SSSR count). The molecular formula is C28H52F10O12Si2. The first-order chi connectivity index (χ1) is 24.2. The van der Waals surface area contributed by atoms with Crippen molar-refractivity contribution in [3.05, 3.63) is 0 Å². The van der Waals surface area contributed by atoms with E-state index >= 15 is 0 Å². The van der Waals surface area contributed by atoms with Gasteiger partial charge in [-0.25, -0.2) is 0 Å². The quantitative estimate of drug-likeness (QED) is 0.0459. The van der Waals surface area contributed by atoms with E-state index in [9.17, 15) is 43.9 Å². The molecule has 0 aliphatic carbocycles. The summed E-state index contributed by atoms with van der Waals surface area (Å²) >= 11 is 0. The van der Waals surface area contributed by atoms with Crippen LogP contribution in [0.4, 0.5) is 43.9 Å². The summed E-state index contributed by atoms with van der Waals surface area (Å²) in [4.78, 5) is 0. The first-order valence-electron chi connectivity index (χ1n) is 16.0. The summed E-state index contributed by atoms with van der Waals surface area (Å²) < 4.78 is 194. The van der Waals surface area contributed by atoms with Gasteiger partial charge in [-0.2, -0.15) is 43.9 Å². The Labute approximate surface area is 299 Å². The third kappa shape index (κ3) is 17.8. The Morgan fingerprint density at radius 2 is 0.885 bits per heavy atom. The number of alkyl halides is 10. The van der Waals surface area contributed by atoms with Crippen molar-refractivity contribution in [2.24, 2.45) is 0 Å². The van der Waals surface area contributed by atoms with Crippen LogP contribution in [0.3, 0.4) is 0 Å². The monoisotopic (exact) mass is 826 g/mol. The van der Waals surface area contributed by atoms with Crippen molar-refractivity contribution >= 4 is 17.6 Å². The average molecular weight is 827 g/mol. The minimum atomic E-state index is -6.93. The van der Waals surface area contributed by atoms with Crippen LogP contribution in [0, 0.1) is 0 Å². The van der Waals surface area contributed by atoms with Crippen LogP contribution in [-0.2, 0) is 55.0 Å². The summed E-state index contributed by atoms with van der Waals surface area (Å²) in [7, 11) is 2.69. The molecular weight excluding hydrogens is 774 g/mol. The van der Waals surface area contributed by atoms with Gasteiger partial charge in [-0.3, -0.25) is 4.74 Å². The summed E-state index contributed by atoms with van der Waals surface area (Å²) in [6.45, 7) is -0.584. The molecule has 0 aromatic rings. The van der Waals surface area contributed by atoms with Gasteiger partial charge in [-0.15, -0.1) is 0 Å². The molecule has 0 aliphatic heterocycles. The van der Waals surface area contributed by atoms with Crippen LogP contribution in [-0.4, -0.2) is 156 Å². The Morgan fingerprint density at radius 1 is 0.500 bits per heavy atom. The highest BCUT2D eigenvalue weighted by Crippen LogP contribution is 2.48. The number of hydrogen-bond acceptors (Lipinski definition) is 12. The molecule has 0 aromatic heterocycles. The molecule has 0 amide bonds. The van der Waals surface area contributed by atoms with Crippen molar-refractivity contribution in [1.82, 2.24) is 0 Å². The van der Waals surface area contributed by atoms with Crippen LogP contribution in [0.1, 0.15) is 32.6 Å². The van der Waals surface area contributed by atoms with Crippen molar-refractivity contribution < 1.29 is 98.9 Å². The molecule has 0 heterocycles. The van der Waals surface area contributed by atoms with Gasteiger partial charge in [-0.05, 0) is 19.3 Å². The Hall–Kier alpha value is -0.746. The highest BCUT2D eigenvalue weighted by molar-refractivity contribution is 6.60. The van der Waals surface area contributed by atoms with Crippen molar-refractivity contribution in [3.63, 3.8) is 0 Å². The standard InChI is InChI=1S/C28H52F10O12Si2/c1-8-9-13-48-22(17-45-12-10-15-51(39-2,40-3)41-4)18-46-19-23(49-14-11-16-52(42-5,43-6)44-7)20-47-21-24(25(29,30)31)50-28(37,38)26(32,33)27(34,35)36/h22-24H,8-21H2,1-7H3. The number of unbranched alkanes of at least 4 members (excludes halogenated alkanes) is 1. The SMILES string of the molecule is CCCCOC(COCCC[Si](OC)(OC)OC)COCC(COCC(OC(F)(F)C(F)(F)C(F)(F)F)C(F)(F)F)OCCC[Si](OC)(OC)OC. The fourth-order valence-electron chi connectivity index (χ4n) is 4.19. The maximum Gasteiger partial charge on any atom is 0.500 e. The smallest absolute Gasteiger partial charge is 0.379 e. The maximum absolute atomic E-state index is 13.7. The Balaban J connectivity index is 5.58. The van der Waals surface area contributed by atoms with Gasteiger partial charge < -0.3 is 50.2 Å². The Morgan fingerprint density at radius 3 is 1.27 bits per heavy atom. The first kappa shape index (κ1) is 51.3. The van der Waals surface area contributed by atoms with E-state index in [0.29, 0.717) is 25.5 Å². The fourth-order valence-corrected chi connectivity index (χ4v) is 7.57. The zero-order chi connectivity index (χ0) is 40.1. The summed E-state index contributed by atoms with van der Waals surface area (Å²) in [5.41, 5.74) is 0. The highest BCUT2D eigenvalue weighted by Gasteiger charge is 2.75. The molecule has 52 heavy (non-hydrogen) atoms. The van der Waals surface area contributed by atoms with Crippen LogP contribution in [0.25, 0.3) is 0 Å². The molecule has 0 aliphatic rings. The second-order valence-electron chi connectivity index (χ2n) is 11.0. The van der Waals surface area contributed by atoms with Gasteiger partial charge in [0.25, 0.3) is 0 Å². The molecule has 0 aromatic carbocycles. The molecule has 314 valence electrons. The lowest BCUT2D eigenvalue weighted by Crippen LogP contribution is -2.56. The molecule has 0 bridgehead atoms. The van der Waals surface area contributed by atoms with E-state index in [4.69, 9.17) is 50.2 Å². The van der Waals surface area contributed by atoms with E-state index in [-0.39, 0.29) is 45.5 Å². The van der Waals surface area contributed by atoms with E-state index in [1.165, 1.54) is 42.7 Å². The lowest BCUT2D eigenvalue weighted by molar-refractivity contribution is -0.447. The molecule has 0 radical (unpaired) electrons. The molecule has 24 heteroatoms. The van der Waals surface area contributed by atoms with Gasteiger partial charge in [0, 0.05) is 74.6 Å². The van der Waals surface area contributed by atoms with Crippen LogP contribution in [0.5, 0.6) is 0 Å². The van der Waals surface area contributed by atoms with E-state index in [1.54, 1.807) is 0 Å². The van der Waals surface area contributed by atoms with E-state index < -0.39 is 73.5 Å². The van der Waals surface area contributed by atoms with E-state index in [1.807, 2.05) is 6.92 Å². The number of halogens is 10. The second-order valence-corrected chi connectivity index (χ2v) is 17.2. The molecule has 3 unspecified atom stereocenters. The normalized spacial score (nSPS) is 15.6. The van der Waals surface area contributed by atoms with Crippen molar-refractivity contribution in [3.8, 4) is 0 Å². The van der Waals surface area contributed by atoms with Gasteiger partial charge in [0.1, 0.15) is 12.2 Å². The topological polar surface area (TPSA) is 111 Å². The second kappa shape index (κ2) is 24.7. The van der Waals surface area contributed by atoms with Crippen LogP contribution in [0.15, 0.2) is 0 Å². The number of hydrogen-bond donors (Lipinski definition) is 0. The summed E-state index contributed by atoms with van der Waals surface area (Å²) in [5, 5.41) is 0.